The van der Waals surface area contributed by atoms with E-state index in [0.29, 0.717) is 5.82 Å². The van der Waals surface area contributed by atoms with Gasteiger partial charge in [0, 0.05) is 6.20 Å². The Morgan fingerprint density at radius 1 is 1.15 bits per heavy atom. The van der Waals surface area contributed by atoms with Crippen molar-refractivity contribution in [1.29, 1.82) is 0 Å². The number of hydrogen-bond donors (Lipinski definition) is 1. The lowest BCUT2D eigenvalue weighted by Crippen LogP contribution is -2.19. The summed E-state index contributed by atoms with van der Waals surface area (Å²) < 4.78 is 9.59. The van der Waals surface area contributed by atoms with Gasteiger partial charge in [-0.2, -0.15) is 5.10 Å². The number of carbonyl (C=O) groups excluding carboxylic acids is 2. The van der Waals surface area contributed by atoms with Crippen molar-refractivity contribution in [2.24, 2.45) is 0 Å². The van der Waals surface area contributed by atoms with Gasteiger partial charge in [0.25, 0.3) is 0 Å². The maximum Gasteiger partial charge on any atom is 0.347 e. The fraction of sp³-hybridized carbons (Fsp3) is 0.385. The van der Waals surface area contributed by atoms with E-state index >= 15 is 0 Å². The van der Waals surface area contributed by atoms with E-state index in [1.54, 1.807) is 32.9 Å². The van der Waals surface area contributed by atoms with Crippen LogP contribution in [0.5, 0.6) is 0 Å². The summed E-state index contributed by atoms with van der Waals surface area (Å²) >= 11 is 0. The van der Waals surface area contributed by atoms with E-state index in [2.05, 4.69) is 15.5 Å². The van der Waals surface area contributed by atoms with Gasteiger partial charge >= 0.3 is 11.9 Å². The largest absolute Gasteiger partial charge is 0.462 e. The second kappa shape index (κ2) is 7.88. The normalized spacial score (nSPS) is 9.55. The number of hydrogen-bond acceptors (Lipinski definition) is 7. The molecule has 1 aromatic heterocycles. The molecule has 0 bridgehead atoms. The Hall–Kier alpha value is -2.44. The lowest BCUT2D eigenvalue weighted by molar-refractivity contribution is -0.146. The van der Waals surface area contributed by atoms with Crippen molar-refractivity contribution in [3.8, 4) is 0 Å². The highest BCUT2D eigenvalue weighted by Crippen LogP contribution is 2.06. The molecule has 1 heterocycles. The molecular formula is C13H17N3O4. The molecule has 0 aliphatic rings. The number of esters is 2. The van der Waals surface area contributed by atoms with Crippen LogP contribution >= 0.6 is 0 Å². The van der Waals surface area contributed by atoms with Gasteiger partial charge in [0.2, 0.25) is 0 Å². The average Bonchev–Trinajstić information content (AvgIpc) is 2.42. The Balaban J connectivity index is 2.86. The highest BCUT2D eigenvalue weighted by atomic mass is 16.6. The quantitative estimate of drug-likeness (QED) is 0.362. The number of carbonyl (C=O) groups is 2. The first-order valence-electron chi connectivity index (χ1n) is 6.19. The summed E-state index contributed by atoms with van der Waals surface area (Å²) in [5.41, 5.74) is 0.534. The summed E-state index contributed by atoms with van der Waals surface area (Å²) in [5, 5.41) is 10.4. The van der Waals surface area contributed by atoms with Crippen molar-refractivity contribution in [1.82, 2.24) is 10.2 Å². The van der Waals surface area contributed by atoms with Gasteiger partial charge in [0.1, 0.15) is 0 Å². The molecule has 20 heavy (non-hydrogen) atoms. The van der Waals surface area contributed by atoms with Crippen LogP contribution in [0.25, 0.3) is 0 Å². The van der Waals surface area contributed by atoms with Gasteiger partial charge in [-0.1, -0.05) is 0 Å². The van der Waals surface area contributed by atoms with Crippen LogP contribution in [0.15, 0.2) is 23.9 Å². The van der Waals surface area contributed by atoms with Crippen molar-refractivity contribution < 1.29 is 19.1 Å². The molecule has 0 radical (unpaired) electrons. The molecule has 1 N–H and O–H groups in total. The molecule has 0 aliphatic heterocycles. The van der Waals surface area contributed by atoms with Gasteiger partial charge in [0.15, 0.2) is 11.4 Å². The third kappa shape index (κ3) is 4.68. The lowest BCUT2D eigenvalue weighted by atomic mass is 10.3. The van der Waals surface area contributed by atoms with Crippen LogP contribution in [0.3, 0.4) is 0 Å². The molecule has 0 amide bonds. The number of nitrogens with one attached hydrogen (secondary N) is 1. The molecule has 0 fully saturated rings. The highest BCUT2D eigenvalue weighted by Gasteiger charge is 2.20. The monoisotopic (exact) mass is 279 g/mol. The summed E-state index contributed by atoms with van der Waals surface area (Å²) in [6, 6.07) is 3.42. The first-order valence-corrected chi connectivity index (χ1v) is 6.19. The van der Waals surface area contributed by atoms with E-state index in [0.717, 1.165) is 5.69 Å². The molecule has 0 atom stereocenters. The van der Waals surface area contributed by atoms with Gasteiger partial charge in [-0.25, -0.2) is 9.59 Å². The van der Waals surface area contributed by atoms with Crippen molar-refractivity contribution >= 4 is 17.8 Å². The Labute approximate surface area is 117 Å². The van der Waals surface area contributed by atoms with Crippen LogP contribution in [-0.4, -0.2) is 35.3 Å². The minimum atomic E-state index is -0.751. The zero-order valence-electron chi connectivity index (χ0n) is 11.7. The van der Waals surface area contributed by atoms with E-state index in [1.807, 2.05) is 0 Å². The maximum absolute atomic E-state index is 11.7. The molecule has 0 saturated carbocycles. The third-order valence-corrected chi connectivity index (χ3v) is 2.15. The predicted octanol–water partition coefficient (Wildman–Crippen LogP) is 1.21. The zero-order valence-corrected chi connectivity index (χ0v) is 11.7. The minimum Gasteiger partial charge on any atom is -0.462 e. The van der Waals surface area contributed by atoms with Gasteiger partial charge in [-0.05, 0) is 32.9 Å². The minimum absolute atomic E-state index is 0.167. The van der Waals surface area contributed by atoms with Gasteiger partial charge in [0.05, 0.1) is 18.9 Å². The molecule has 0 unspecified atom stereocenters. The summed E-state index contributed by atoms with van der Waals surface area (Å²) in [6.45, 7) is 5.44. The Kier molecular flexibility index (Phi) is 6.15. The van der Waals surface area contributed by atoms with Crippen molar-refractivity contribution in [2.45, 2.75) is 20.8 Å². The number of anilines is 1. The number of aromatic nitrogens is 2. The highest BCUT2D eigenvalue weighted by molar-refractivity contribution is 6.14. The average molecular weight is 279 g/mol. The SMILES string of the molecule is CCOC(=O)C(=CNc1ccc(C)nn1)C(=O)OCC. The fourth-order valence-electron chi connectivity index (χ4n) is 1.24. The van der Waals surface area contributed by atoms with Gasteiger partial charge in [-0.15, -0.1) is 5.10 Å². The summed E-state index contributed by atoms with van der Waals surface area (Å²) in [6.07, 6.45) is 1.20. The number of aryl methyl sites for hydroxylation is 1. The van der Waals surface area contributed by atoms with E-state index in [-0.39, 0.29) is 18.8 Å². The second-order valence-electron chi connectivity index (χ2n) is 3.70. The first kappa shape index (κ1) is 15.6. The molecular weight excluding hydrogens is 262 g/mol. The summed E-state index contributed by atoms with van der Waals surface area (Å²) in [5.74, 6) is -1.10. The van der Waals surface area contributed by atoms with E-state index in [1.165, 1.54) is 6.20 Å². The summed E-state index contributed by atoms with van der Waals surface area (Å²) in [7, 11) is 0. The lowest BCUT2D eigenvalue weighted by Gasteiger charge is -2.07. The molecule has 0 spiro atoms. The van der Waals surface area contributed by atoms with Crippen LogP contribution in [0.2, 0.25) is 0 Å². The number of rotatable bonds is 6. The predicted molar refractivity (Wildman–Crippen MR) is 71.7 cm³/mol. The second-order valence-corrected chi connectivity index (χ2v) is 3.70. The Bertz CT molecular complexity index is 477. The van der Waals surface area contributed by atoms with Crippen molar-refractivity contribution in [3.63, 3.8) is 0 Å². The van der Waals surface area contributed by atoms with Crippen LogP contribution in [0.4, 0.5) is 5.82 Å². The first-order chi connectivity index (χ1) is 9.58. The summed E-state index contributed by atoms with van der Waals surface area (Å²) in [4.78, 5) is 23.3. The van der Waals surface area contributed by atoms with Gasteiger partial charge < -0.3 is 14.8 Å². The maximum atomic E-state index is 11.7. The van der Waals surface area contributed by atoms with Crippen molar-refractivity contribution in [2.75, 3.05) is 18.5 Å². The fourth-order valence-corrected chi connectivity index (χ4v) is 1.24. The van der Waals surface area contributed by atoms with E-state index in [4.69, 9.17) is 9.47 Å². The molecule has 0 aromatic carbocycles. The van der Waals surface area contributed by atoms with Crippen LogP contribution in [-0.2, 0) is 19.1 Å². The molecule has 0 saturated heterocycles. The van der Waals surface area contributed by atoms with Gasteiger partial charge in [-0.3, -0.25) is 0 Å². The Morgan fingerprint density at radius 3 is 2.20 bits per heavy atom. The van der Waals surface area contributed by atoms with E-state index in [9.17, 15) is 9.59 Å². The van der Waals surface area contributed by atoms with E-state index < -0.39 is 11.9 Å². The molecule has 1 aromatic rings. The molecule has 0 aliphatic carbocycles. The molecule has 7 nitrogen and oxygen atoms in total. The van der Waals surface area contributed by atoms with Crippen LogP contribution in [0, 0.1) is 6.92 Å². The number of ether oxygens (including phenoxy) is 2. The van der Waals surface area contributed by atoms with Crippen molar-refractivity contribution in [3.05, 3.63) is 29.6 Å². The molecule has 1 rings (SSSR count). The smallest absolute Gasteiger partial charge is 0.347 e. The topological polar surface area (TPSA) is 90.4 Å². The Morgan fingerprint density at radius 2 is 1.75 bits per heavy atom. The third-order valence-electron chi connectivity index (χ3n) is 2.15. The molecule has 108 valence electrons. The molecule has 7 heteroatoms. The van der Waals surface area contributed by atoms with Crippen LogP contribution < -0.4 is 5.32 Å². The standard InChI is InChI=1S/C13H17N3O4/c1-4-19-12(17)10(13(18)20-5-2)8-14-11-7-6-9(3)15-16-11/h6-8H,4-5H2,1-3H3,(H,14,16). The zero-order chi connectivity index (χ0) is 15.0. The number of nitrogens with zero attached hydrogens (tertiary/aromatic N) is 2. The van der Waals surface area contributed by atoms with Crippen LogP contribution in [0.1, 0.15) is 19.5 Å².